The van der Waals surface area contributed by atoms with Gasteiger partial charge in [0.15, 0.2) is 0 Å². The summed E-state index contributed by atoms with van der Waals surface area (Å²) in [6.07, 6.45) is 4.54. The van der Waals surface area contributed by atoms with Gasteiger partial charge in [0, 0.05) is 32.2 Å². The van der Waals surface area contributed by atoms with Crippen molar-refractivity contribution in [3.05, 3.63) is 47.1 Å². The molecular weight excluding hydrogens is 527 g/mol. The Balaban J connectivity index is 1.62. The fourth-order valence-electron chi connectivity index (χ4n) is 6.07. The molecule has 12 heteroatoms. The monoisotopic (exact) mass is 562 g/mol. The van der Waals surface area contributed by atoms with Gasteiger partial charge in [-0.2, -0.15) is 4.39 Å². The Morgan fingerprint density at radius 2 is 1.87 bits per heavy atom. The average molecular weight is 563 g/mol. The molecule has 39 heavy (non-hydrogen) atoms. The maximum atomic E-state index is 14.5. The lowest BCUT2D eigenvalue weighted by molar-refractivity contribution is -0.142. The first-order chi connectivity index (χ1) is 18.5. The molecule has 1 saturated carbocycles. The Bertz CT molecular complexity index is 1250. The summed E-state index contributed by atoms with van der Waals surface area (Å²) in [5, 5.41) is 6.75. The number of nitrogens with zero attached hydrogens (tertiary/aromatic N) is 1. The lowest BCUT2D eigenvalue weighted by Crippen LogP contribution is -2.53. The van der Waals surface area contributed by atoms with Gasteiger partial charge in [-0.05, 0) is 49.2 Å². The SMILES string of the molecule is CC(=O)N[C@H](C(=O)N1C[C@H]2CCC[C@H]2[C@H]1C(=O)N[C@@H](/C=C(/F)S(C)(=O)=O)C[C@H]1CCNC1=O)c1ccccc1. The third-order valence-electron chi connectivity index (χ3n) is 7.88. The van der Waals surface area contributed by atoms with Crippen LogP contribution in [0.25, 0.3) is 0 Å². The molecule has 2 heterocycles. The highest BCUT2D eigenvalue weighted by Gasteiger charge is 2.51. The second kappa shape index (κ2) is 11.8. The summed E-state index contributed by atoms with van der Waals surface area (Å²) in [5.74, 6) is -2.13. The highest BCUT2D eigenvalue weighted by molar-refractivity contribution is 7.94. The number of benzene rings is 1. The van der Waals surface area contributed by atoms with E-state index in [1.807, 2.05) is 0 Å². The predicted octanol–water partition coefficient (Wildman–Crippen LogP) is 1.36. The van der Waals surface area contributed by atoms with Crippen LogP contribution in [0.4, 0.5) is 4.39 Å². The van der Waals surface area contributed by atoms with Gasteiger partial charge in [-0.3, -0.25) is 19.2 Å². The number of amides is 4. The number of carbonyl (C=O) groups is 4. The minimum atomic E-state index is -4.15. The normalized spacial score (nSPS) is 26.5. The molecule has 6 atom stereocenters. The predicted molar refractivity (Wildman–Crippen MR) is 141 cm³/mol. The van der Waals surface area contributed by atoms with Crippen molar-refractivity contribution in [3.63, 3.8) is 0 Å². The fourth-order valence-corrected chi connectivity index (χ4v) is 6.48. The van der Waals surface area contributed by atoms with Crippen LogP contribution < -0.4 is 16.0 Å². The van der Waals surface area contributed by atoms with Crippen molar-refractivity contribution in [2.24, 2.45) is 17.8 Å². The van der Waals surface area contributed by atoms with Gasteiger partial charge < -0.3 is 20.9 Å². The fraction of sp³-hybridized carbons (Fsp3) is 0.556. The third kappa shape index (κ3) is 6.66. The van der Waals surface area contributed by atoms with Gasteiger partial charge in [0.25, 0.3) is 5.91 Å². The number of carbonyl (C=O) groups excluding carboxylic acids is 4. The Morgan fingerprint density at radius 3 is 2.49 bits per heavy atom. The first-order valence-corrected chi connectivity index (χ1v) is 15.1. The molecule has 2 aliphatic heterocycles. The average Bonchev–Trinajstić information content (AvgIpc) is 3.58. The van der Waals surface area contributed by atoms with E-state index in [0.717, 1.165) is 31.6 Å². The maximum Gasteiger partial charge on any atom is 0.250 e. The summed E-state index contributed by atoms with van der Waals surface area (Å²) >= 11 is 0. The Morgan fingerprint density at radius 1 is 1.15 bits per heavy atom. The van der Waals surface area contributed by atoms with Gasteiger partial charge in [0.2, 0.25) is 32.7 Å². The number of nitrogens with one attached hydrogen (secondary N) is 3. The molecule has 3 aliphatic rings. The van der Waals surface area contributed by atoms with Gasteiger partial charge in [-0.25, -0.2) is 8.42 Å². The summed E-state index contributed by atoms with van der Waals surface area (Å²) < 4.78 is 38.1. The summed E-state index contributed by atoms with van der Waals surface area (Å²) in [4.78, 5) is 53.3. The molecule has 3 fully saturated rings. The molecule has 1 aromatic carbocycles. The van der Waals surface area contributed by atoms with E-state index in [0.29, 0.717) is 25.1 Å². The number of hydrogen-bond donors (Lipinski definition) is 3. The summed E-state index contributed by atoms with van der Waals surface area (Å²) in [7, 11) is -4.15. The molecular formula is C27H35FN4O6S. The van der Waals surface area contributed by atoms with E-state index >= 15 is 0 Å². The Hall–Kier alpha value is -3.28. The molecule has 2 saturated heterocycles. The zero-order valence-corrected chi connectivity index (χ0v) is 22.9. The second-order valence-corrected chi connectivity index (χ2v) is 12.6. The van der Waals surface area contributed by atoms with Gasteiger partial charge in [-0.15, -0.1) is 0 Å². The lowest BCUT2D eigenvalue weighted by Gasteiger charge is -2.32. The van der Waals surface area contributed by atoms with Gasteiger partial charge >= 0.3 is 0 Å². The Kier molecular flexibility index (Phi) is 8.73. The molecule has 0 radical (unpaired) electrons. The molecule has 0 spiro atoms. The van der Waals surface area contributed by atoms with E-state index in [4.69, 9.17) is 0 Å². The molecule has 1 aromatic rings. The standard InChI is InChI=1S/C27H35FN4O6S/c1-16(33)30-23(17-7-4-3-5-8-17)27(36)32-15-19-9-6-10-21(19)24(32)26(35)31-20(14-22(28)39(2,37)38)13-18-11-12-29-25(18)34/h3-5,7-8,14,18-21,23-24H,6,9-13,15H2,1-2H3,(H,29,34)(H,30,33)(H,31,35)/b22-14-/t18-,19-,20-,21-,23+,24+/m1/s1. The van der Waals surface area contributed by atoms with Crippen LogP contribution >= 0.6 is 0 Å². The molecule has 0 bridgehead atoms. The second-order valence-electron chi connectivity index (χ2n) is 10.7. The molecule has 10 nitrogen and oxygen atoms in total. The van der Waals surface area contributed by atoms with E-state index < -0.39 is 56.8 Å². The van der Waals surface area contributed by atoms with Gasteiger partial charge in [-0.1, -0.05) is 36.8 Å². The molecule has 1 aliphatic carbocycles. The third-order valence-corrected chi connectivity index (χ3v) is 8.73. The number of rotatable bonds is 9. The molecule has 4 amide bonds. The van der Waals surface area contributed by atoms with E-state index in [2.05, 4.69) is 16.0 Å². The highest BCUT2D eigenvalue weighted by Crippen LogP contribution is 2.43. The van der Waals surface area contributed by atoms with E-state index in [1.54, 1.807) is 30.3 Å². The number of sulfone groups is 1. The molecule has 3 N–H and O–H groups in total. The quantitative estimate of drug-likeness (QED) is 0.415. The summed E-state index contributed by atoms with van der Waals surface area (Å²) in [6, 6.07) is 5.83. The first-order valence-electron chi connectivity index (χ1n) is 13.2. The van der Waals surface area contributed by atoms with Crippen molar-refractivity contribution in [1.29, 1.82) is 0 Å². The number of fused-ring (bicyclic) bond motifs is 1. The van der Waals surface area contributed by atoms with Crippen molar-refractivity contribution in [2.75, 3.05) is 19.3 Å². The molecule has 4 rings (SSSR count). The molecule has 0 aromatic heterocycles. The van der Waals surface area contributed by atoms with Crippen LogP contribution in [0.3, 0.4) is 0 Å². The largest absolute Gasteiger partial charge is 0.356 e. The van der Waals surface area contributed by atoms with Gasteiger partial charge in [0.1, 0.15) is 12.1 Å². The van der Waals surface area contributed by atoms with E-state index in [-0.39, 0.29) is 24.2 Å². The smallest absolute Gasteiger partial charge is 0.250 e. The van der Waals surface area contributed by atoms with Crippen LogP contribution in [0.1, 0.15) is 50.6 Å². The van der Waals surface area contributed by atoms with E-state index in [1.165, 1.54) is 11.8 Å². The topological polar surface area (TPSA) is 142 Å². The summed E-state index contributed by atoms with van der Waals surface area (Å²) in [6.45, 7) is 2.10. The van der Waals surface area contributed by atoms with Crippen molar-refractivity contribution in [3.8, 4) is 0 Å². The zero-order chi connectivity index (χ0) is 28.3. The van der Waals surface area contributed by atoms with Crippen LogP contribution in [0, 0.1) is 17.8 Å². The van der Waals surface area contributed by atoms with Crippen molar-refractivity contribution >= 4 is 33.5 Å². The number of hydrogen-bond acceptors (Lipinski definition) is 6. The highest BCUT2D eigenvalue weighted by atomic mass is 32.2. The number of halogens is 1. The minimum Gasteiger partial charge on any atom is -0.356 e. The van der Waals surface area contributed by atoms with Crippen LogP contribution in [0.2, 0.25) is 0 Å². The zero-order valence-electron chi connectivity index (χ0n) is 22.1. The van der Waals surface area contributed by atoms with Crippen molar-refractivity contribution in [1.82, 2.24) is 20.9 Å². The Labute approximate surface area is 227 Å². The maximum absolute atomic E-state index is 14.5. The molecule has 0 unspecified atom stereocenters. The minimum absolute atomic E-state index is 0.0216. The first kappa shape index (κ1) is 28.7. The van der Waals surface area contributed by atoms with Crippen LogP contribution in [0.15, 0.2) is 41.6 Å². The number of likely N-dealkylation sites (tertiary alicyclic amines) is 1. The lowest BCUT2D eigenvalue weighted by atomic mass is 9.92. The molecule has 212 valence electrons. The van der Waals surface area contributed by atoms with Crippen LogP contribution in [0.5, 0.6) is 0 Å². The van der Waals surface area contributed by atoms with Crippen molar-refractivity contribution < 1.29 is 32.0 Å². The van der Waals surface area contributed by atoms with Gasteiger partial charge in [0.05, 0.1) is 6.04 Å². The van der Waals surface area contributed by atoms with Crippen LogP contribution in [-0.2, 0) is 29.0 Å². The van der Waals surface area contributed by atoms with E-state index in [9.17, 15) is 32.0 Å². The van der Waals surface area contributed by atoms with Crippen molar-refractivity contribution in [2.45, 2.75) is 57.2 Å². The van der Waals surface area contributed by atoms with Crippen LogP contribution in [-0.4, -0.2) is 68.4 Å². The summed E-state index contributed by atoms with van der Waals surface area (Å²) in [5.41, 5.74) is 0.581.